The fourth-order valence-electron chi connectivity index (χ4n) is 3.31. The zero-order valence-electron chi connectivity index (χ0n) is 16.1. The lowest BCUT2D eigenvalue weighted by Crippen LogP contribution is -2.12. The van der Waals surface area contributed by atoms with Gasteiger partial charge in [-0.1, -0.05) is 35.5 Å². The first-order valence-electron chi connectivity index (χ1n) is 9.36. The normalized spacial score (nSPS) is 11.1. The standard InChI is InChI=1S/C22H17N5O3/c1-14-20-17(10-18(19-8-5-9-29-19)25-22(20)30-26-14)21(28)24-16-11-23-27(13-16)12-15-6-3-2-4-7-15/h2-11,13H,12H2,1H3,(H,24,28). The summed E-state index contributed by atoms with van der Waals surface area (Å²) in [7, 11) is 0. The lowest BCUT2D eigenvalue weighted by atomic mass is 10.1. The molecule has 1 aromatic carbocycles. The average Bonchev–Trinajstić information content (AvgIpc) is 3.51. The minimum absolute atomic E-state index is 0.284. The molecule has 0 saturated carbocycles. The van der Waals surface area contributed by atoms with Gasteiger partial charge in [0.05, 0.1) is 41.3 Å². The SMILES string of the molecule is Cc1noc2nc(-c3ccco3)cc(C(=O)Nc3cnn(Cc4ccccc4)c3)c12. The van der Waals surface area contributed by atoms with Crippen LogP contribution >= 0.6 is 0 Å². The van der Waals surface area contributed by atoms with Crippen molar-refractivity contribution in [1.29, 1.82) is 0 Å². The molecule has 0 spiro atoms. The fraction of sp³-hybridized carbons (Fsp3) is 0.0909. The van der Waals surface area contributed by atoms with Gasteiger partial charge in [0.2, 0.25) is 0 Å². The van der Waals surface area contributed by atoms with Crippen LogP contribution in [0.4, 0.5) is 5.69 Å². The van der Waals surface area contributed by atoms with Gasteiger partial charge in [-0.3, -0.25) is 9.48 Å². The Bertz CT molecular complexity index is 1320. The summed E-state index contributed by atoms with van der Waals surface area (Å²) in [6.45, 7) is 2.39. The number of benzene rings is 1. The maximum atomic E-state index is 13.1. The van der Waals surface area contributed by atoms with Crippen LogP contribution in [0.15, 0.2) is 76.1 Å². The molecule has 8 nitrogen and oxygen atoms in total. The number of fused-ring (bicyclic) bond motifs is 1. The van der Waals surface area contributed by atoms with E-state index in [0.29, 0.717) is 40.3 Å². The molecule has 148 valence electrons. The van der Waals surface area contributed by atoms with E-state index in [1.165, 1.54) is 0 Å². The number of nitrogens with one attached hydrogen (secondary N) is 1. The van der Waals surface area contributed by atoms with Crippen LogP contribution in [0.25, 0.3) is 22.6 Å². The summed E-state index contributed by atoms with van der Waals surface area (Å²) in [6, 6.07) is 15.2. The molecular weight excluding hydrogens is 382 g/mol. The molecule has 0 saturated heterocycles. The Morgan fingerprint density at radius 1 is 1.17 bits per heavy atom. The van der Waals surface area contributed by atoms with Gasteiger partial charge in [-0.2, -0.15) is 5.10 Å². The number of carbonyl (C=O) groups excluding carboxylic acids is 1. The molecule has 1 N–H and O–H groups in total. The van der Waals surface area contributed by atoms with Crippen molar-refractivity contribution in [2.75, 3.05) is 5.32 Å². The molecule has 0 atom stereocenters. The van der Waals surface area contributed by atoms with Gasteiger partial charge in [0.15, 0.2) is 5.76 Å². The van der Waals surface area contributed by atoms with Crippen LogP contribution in [0.5, 0.6) is 0 Å². The van der Waals surface area contributed by atoms with Crippen LogP contribution in [0.3, 0.4) is 0 Å². The smallest absolute Gasteiger partial charge is 0.259 e. The quantitative estimate of drug-likeness (QED) is 0.473. The fourth-order valence-corrected chi connectivity index (χ4v) is 3.31. The second-order valence-corrected chi connectivity index (χ2v) is 6.85. The minimum atomic E-state index is -0.305. The zero-order valence-corrected chi connectivity index (χ0v) is 16.1. The maximum absolute atomic E-state index is 13.1. The summed E-state index contributed by atoms with van der Waals surface area (Å²) in [5.74, 6) is 0.233. The summed E-state index contributed by atoms with van der Waals surface area (Å²) < 4.78 is 12.5. The van der Waals surface area contributed by atoms with Crippen molar-refractivity contribution in [2.45, 2.75) is 13.5 Å². The third-order valence-electron chi connectivity index (χ3n) is 4.71. The van der Waals surface area contributed by atoms with E-state index in [4.69, 9.17) is 8.94 Å². The van der Waals surface area contributed by atoms with E-state index in [0.717, 1.165) is 5.56 Å². The molecule has 4 heterocycles. The molecule has 0 aliphatic heterocycles. The van der Waals surface area contributed by atoms with Crippen molar-refractivity contribution < 1.29 is 13.7 Å². The molecule has 0 aliphatic rings. The molecular formula is C22H17N5O3. The van der Waals surface area contributed by atoms with Gasteiger partial charge in [-0.15, -0.1) is 0 Å². The second kappa shape index (κ2) is 7.32. The lowest BCUT2D eigenvalue weighted by Gasteiger charge is -2.06. The summed E-state index contributed by atoms with van der Waals surface area (Å²) in [5.41, 5.74) is 3.49. The Morgan fingerprint density at radius 2 is 2.03 bits per heavy atom. The van der Waals surface area contributed by atoms with Gasteiger partial charge in [-0.05, 0) is 30.7 Å². The lowest BCUT2D eigenvalue weighted by molar-refractivity contribution is 0.102. The molecule has 0 fully saturated rings. The van der Waals surface area contributed by atoms with E-state index < -0.39 is 0 Å². The number of furan rings is 1. The molecule has 0 bridgehead atoms. The van der Waals surface area contributed by atoms with Gasteiger partial charge < -0.3 is 14.3 Å². The first-order valence-corrected chi connectivity index (χ1v) is 9.36. The summed E-state index contributed by atoms with van der Waals surface area (Å²) in [4.78, 5) is 17.5. The molecule has 0 radical (unpaired) electrons. The molecule has 1 amide bonds. The summed E-state index contributed by atoms with van der Waals surface area (Å²) in [5, 5.41) is 11.7. The van der Waals surface area contributed by atoms with Gasteiger partial charge >= 0.3 is 0 Å². The van der Waals surface area contributed by atoms with E-state index in [2.05, 4.69) is 20.6 Å². The number of amides is 1. The van der Waals surface area contributed by atoms with Crippen LogP contribution in [-0.4, -0.2) is 25.8 Å². The Balaban J connectivity index is 1.44. The van der Waals surface area contributed by atoms with Crippen molar-refractivity contribution >= 4 is 22.7 Å². The van der Waals surface area contributed by atoms with Crippen LogP contribution < -0.4 is 5.32 Å². The molecule has 5 aromatic rings. The molecule has 0 unspecified atom stereocenters. The molecule has 8 heteroatoms. The van der Waals surface area contributed by atoms with E-state index in [1.807, 2.05) is 30.3 Å². The van der Waals surface area contributed by atoms with Crippen molar-refractivity contribution in [3.63, 3.8) is 0 Å². The van der Waals surface area contributed by atoms with E-state index >= 15 is 0 Å². The number of hydrogen-bond acceptors (Lipinski definition) is 6. The van der Waals surface area contributed by atoms with E-state index in [1.54, 1.807) is 48.5 Å². The van der Waals surface area contributed by atoms with E-state index in [-0.39, 0.29) is 11.6 Å². The number of rotatable bonds is 5. The number of pyridine rings is 1. The Morgan fingerprint density at radius 3 is 2.83 bits per heavy atom. The predicted octanol–water partition coefficient (Wildman–Crippen LogP) is 4.29. The van der Waals surface area contributed by atoms with Crippen molar-refractivity contribution in [2.24, 2.45) is 0 Å². The van der Waals surface area contributed by atoms with Crippen LogP contribution in [0, 0.1) is 6.92 Å². The highest BCUT2D eigenvalue weighted by atomic mass is 16.5. The number of hydrogen-bond donors (Lipinski definition) is 1. The highest BCUT2D eigenvalue weighted by Gasteiger charge is 2.20. The van der Waals surface area contributed by atoms with Crippen molar-refractivity contribution in [1.82, 2.24) is 19.9 Å². The number of aryl methyl sites for hydroxylation is 1. The van der Waals surface area contributed by atoms with Gasteiger partial charge in [0.1, 0.15) is 5.69 Å². The first-order chi connectivity index (χ1) is 14.7. The third-order valence-corrected chi connectivity index (χ3v) is 4.71. The van der Waals surface area contributed by atoms with Crippen LogP contribution in [0.2, 0.25) is 0 Å². The van der Waals surface area contributed by atoms with Crippen LogP contribution in [0.1, 0.15) is 21.6 Å². The van der Waals surface area contributed by atoms with Gasteiger partial charge in [0, 0.05) is 6.20 Å². The number of anilines is 1. The van der Waals surface area contributed by atoms with Crippen LogP contribution in [-0.2, 0) is 6.54 Å². The number of nitrogens with zero attached hydrogens (tertiary/aromatic N) is 4. The third kappa shape index (κ3) is 3.35. The first kappa shape index (κ1) is 17.9. The molecule has 0 aliphatic carbocycles. The Hall–Kier alpha value is -4.20. The summed E-state index contributed by atoms with van der Waals surface area (Å²) in [6.07, 6.45) is 4.96. The number of carbonyl (C=O) groups is 1. The number of aromatic nitrogens is 4. The summed E-state index contributed by atoms with van der Waals surface area (Å²) >= 11 is 0. The monoisotopic (exact) mass is 399 g/mol. The van der Waals surface area contributed by atoms with Crippen molar-refractivity contribution in [3.8, 4) is 11.5 Å². The van der Waals surface area contributed by atoms with E-state index in [9.17, 15) is 4.79 Å². The van der Waals surface area contributed by atoms with Gasteiger partial charge in [0.25, 0.3) is 11.6 Å². The predicted molar refractivity (Wildman–Crippen MR) is 110 cm³/mol. The van der Waals surface area contributed by atoms with Crippen molar-refractivity contribution in [3.05, 3.63) is 84.0 Å². The topological polar surface area (TPSA) is 99.0 Å². The molecule has 5 rings (SSSR count). The van der Waals surface area contributed by atoms with Gasteiger partial charge in [-0.25, -0.2) is 4.98 Å². The molecule has 30 heavy (non-hydrogen) atoms. The Kier molecular flexibility index (Phi) is 4.36. The second-order valence-electron chi connectivity index (χ2n) is 6.85. The zero-order chi connectivity index (χ0) is 20.5. The highest BCUT2D eigenvalue weighted by Crippen LogP contribution is 2.28. The average molecular weight is 399 g/mol. The largest absolute Gasteiger partial charge is 0.463 e. The minimum Gasteiger partial charge on any atom is -0.463 e. The maximum Gasteiger partial charge on any atom is 0.259 e. The molecule has 4 aromatic heterocycles. The highest BCUT2D eigenvalue weighted by molar-refractivity contribution is 6.12. The Labute approximate surface area is 171 Å².